The first-order valence-corrected chi connectivity index (χ1v) is 7.54. The molecule has 0 atom stereocenters. The molecule has 20 heavy (non-hydrogen) atoms. The molecule has 3 rings (SSSR count). The lowest BCUT2D eigenvalue weighted by molar-refractivity contribution is 0.0961. The number of hydrogen-bond donors (Lipinski definition) is 0. The number of para-hydroxylation sites is 1. The van der Waals surface area contributed by atoms with Gasteiger partial charge in [0.25, 0.3) is 5.91 Å². The van der Waals surface area contributed by atoms with Gasteiger partial charge >= 0.3 is 0 Å². The van der Waals surface area contributed by atoms with E-state index in [2.05, 4.69) is 28.7 Å². The van der Waals surface area contributed by atoms with Crippen molar-refractivity contribution in [1.82, 2.24) is 4.57 Å². The molecule has 0 radical (unpaired) electrons. The van der Waals surface area contributed by atoms with Gasteiger partial charge in [-0.3, -0.25) is 9.36 Å². The number of halogens is 1. The minimum Gasteiger partial charge on any atom is -0.280 e. The third kappa shape index (κ3) is 2.06. The Bertz CT molecular complexity index is 797. The van der Waals surface area contributed by atoms with Gasteiger partial charge < -0.3 is 0 Å². The Balaban J connectivity index is 2.26. The van der Waals surface area contributed by atoms with Crippen molar-refractivity contribution in [2.45, 2.75) is 13.8 Å². The number of aromatic nitrogens is 1. The third-order valence-electron chi connectivity index (χ3n) is 3.53. The van der Waals surface area contributed by atoms with Crippen LogP contribution >= 0.6 is 22.6 Å². The summed E-state index contributed by atoms with van der Waals surface area (Å²) in [4.78, 5) is 12.9. The van der Waals surface area contributed by atoms with Crippen LogP contribution in [-0.4, -0.2) is 10.5 Å². The molecule has 0 aliphatic heterocycles. The van der Waals surface area contributed by atoms with Crippen LogP contribution < -0.4 is 0 Å². The van der Waals surface area contributed by atoms with E-state index in [0.29, 0.717) is 0 Å². The van der Waals surface area contributed by atoms with Gasteiger partial charge in [0, 0.05) is 14.7 Å². The van der Waals surface area contributed by atoms with Crippen LogP contribution in [0.25, 0.3) is 10.9 Å². The fourth-order valence-electron chi connectivity index (χ4n) is 2.58. The van der Waals surface area contributed by atoms with Gasteiger partial charge in [-0.2, -0.15) is 0 Å². The monoisotopic (exact) mass is 375 g/mol. The summed E-state index contributed by atoms with van der Waals surface area (Å²) in [7, 11) is 0. The Kier molecular flexibility index (Phi) is 3.38. The molecule has 0 N–H and O–H groups in total. The number of aryl methyl sites for hydroxylation is 2. The van der Waals surface area contributed by atoms with Gasteiger partial charge in [0.2, 0.25) is 0 Å². The summed E-state index contributed by atoms with van der Waals surface area (Å²) in [5.74, 6) is 0.0474. The molecule has 0 fully saturated rings. The molecule has 0 unspecified atom stereocenters. The van der Waals surface area contributed by atoms with Gasteiger partial charge in [0.15, 0.2) is 0 Å². The maximum Gasteiger partial charge on any atom is 0.263 e. The van der Waals surface area contributed by atoms with E-state index in [1.807, 2.05) is 56.3 Å². The zero-order valence-electron chi connectivity index (χ0n) is 11.4. The molecule has 1 aromatic heterocycles. The molecule has 2 nitrogen and oxygen atoms in total. The number of carbonyl (C=O) groups excluding carboxylic acids is 1. The van der Waals surface area contributed by atoms with Crippen molar-refractivity contribution in [1.29, 1.82) is 0 Å². The fourth-order valence-corrected chi connectivity index (χ4v) is 3.44. The maximum atomic E-state index is 12.9. The minimum absolute atomic E-state index is 0.0474. The predicted octanol–water partition coefficient (Wildman–Crippen LogP) is 4.55. The van der Waals surface area contributed by atoms with Crippen LogP contribution in [-0.2, 0) is 0 Å². The maximum absolute atomic E-state index is 12.9. The van der Waals surface area contributed by atoms with Gasteiger partial charge in [-0.05, 0) is 60.2 Å². The zero-order valence-corrected chi connectivity index (χ0v) is 13.5. The van der Waals surface area contributed by atoms with Crippen molar-refractivity contribution in [3.63, 3.8) is 0 Å². The van der Waals surface area contributed by atoms with Crippen LogP contribution in [0.1, 0.15) is 21.6 Å². The number of carbonyl (C=O) groups is 1. The summed E-state index contributed by atoms with van der Waals surface area (Å²) < 4.78 is 2.80. The van der Waals surface area contributed by atoms with E-state index in [4.69, 9.17) is 0 Å². The largest absolute Gasteiger partial charge is 0.280 e. The van der Waals surface area contributed by atoms with Crippen molar-refractivity contribution in [3.8, 4) is 0 Å². The Labute approximate surface area is 131 Å². The highest BCUT2D eigenvalue weighted by Crippen LogP contribution is 2.24. The van der Waals surface area contributed by atoms with Crippen LogP contribution in [0.3, 0.4) is 0 Å². The van der Waals surface area contributed by atoms with E-state index in [1.54, 1.807) is 4.57 Å². The number of rotatable bonds is 1. The standard InChI is InChI=1S/C17H14INO/c1-11-6-5-8-14(18)16(11)17(20)19-12(2)10-13-7-3-4-9-15(13)19/h3-10H,1-2H3. The smallest absolute Gasteiger partial charge is 0.263 e. The topological polar surface area (TPSA) is 22.0 Å². The third-order valence-corrected chi connectivity index (χ3v) is 4.43. The second-order valence-electron chi connectivity index (χ2n) is 4.92. The molecule has 2 aromatic carbocycles. The van der Waals surface area contributed by atoms with Crippen LogP contribution in [0.5, 0.6) is 0 Å². The molecule has 3 aromatic rings. The van der Waals surface area contributed by atoms with E-state index >= 15 is 0 Å². The average molecular weight is 375 g/mol. The molecule has 1 heterocycles. The molecule has 0 spiro atoms. The summed E-state index contributed by atoms with van der Waals surface area (Å²) in [5.41, 5.74) is 3.74. The van der Waals surface area contributed by atoms with E-state index in [1.165, 1.54) is 0 Å². The lowest BCUT2D eigenvalue weighted by atomic mass is 10.1. The Morgan fingerprint density at radius 3 is 2.55 bits per heavy atom. The highest BCUT2D eigenvalue weighted by Gasteiger charge is 2.18. The van der Waals surface area contributed by atoms with Crippen LogP contribution in [0, 0.1) is 17.4 Å². The second kappa shape index (κ2) is 5.05. The van der Waals surface area contributed by atoms with Crippen LogP contribution in [0.2, 0.25) is 0 Å². The Hall–Kier alpha value is -1.62. The molecule has 3 heteroatoms. The highest BCUT2D eigenvalue weighted by atomic mass is 127. The SMILES string of the molecule is Cc1cccc(I)c1C(=O)n1c(C)cc2ccccc21. The lowest BCUT2D eigenvalue weighted by Gasteiger charge is -2.11. The lowest BCUT2D eigenvalue weighted by Crippen LogP contribution is -2.16. The van der Waals surface area contributed by atoms with Gasteiger partial charge in [-0.25, -0.2) is 0 Å². The van der Waals surface area contributed by atoms with Crippen molar-refractivity contribution in [2.75, 3.05) is 0 Å². The molecule has 100 valence electrons. The highest BCUT2D eigenvalue weighted by molar-refractivity contribution is 14.1. The van der Waals surface area contributed by atoms with Crippen molar-refractivity contribution < 1.29 is 4.79 Å². The van der Waals surface area contributed by atoms with E-state index in [0.717, 1.165) is 31.3 Å². The van der Waals surface area contributed by atoms with Gasteiger partial charge in [-0.1, -0.05) is 30.3 Å². The molecule has 0 bridgehead atoms. The summed E-state index contributed by atoms with van der Waals surface area (Å²) in [6, 6.07) is 16.0. The van der Waals surface area contributed by atoms with Crippen molar-refractivity contribution in [2.24, 2.45) is 0 Å². The fraction of sp³-hybridized carbons (Fsp3) is 0.118. The van der Waals surface area contributed by atoms with E-state index in [9.17, 15) is 4.79 Å². The number of hydrogen-bond acceptors (Lipinski definition) is 1. The molecule has 0 aliphatic rings. The van der Waals surface area contributed by atoms with E-state index in [-0.39, 0.29) is 5.91 Å². The first kappa shape index (κ1) is 13.4. The first-order chi connectivity index (χ1) is 9.59. The van der Waals surface area contributed by atoms with Crippen molar-refractivity contribution >= 4 is 39.4 Å². The summed E-state index contributed by atoms with van der Waals surface area (Å²) in [5, 5.41) is 1.10. The summed E-state index contributed by atoms with van der Waals surface area (Å²) in [6.45, 7) is 3.96. The zero-order chi connectivity index (χ0) is 14.3. The van der Waals surface area contributed by atoms with E-state index < -0.39 is 0 Å². The molecular formula is C17H14INO. The number of benzene rings is 2. The molecule has 0 amide bonds. The minimum atomic E-state index is 0.0474. The number of fused-ring (bicyclic) bond motifs is 1. The summed E-state index contributed by atoms with van der Waals surface area (Å²) >= 11 is 2.23. The summed E-state index contributed by atoms with van der Waals surface area (Å²) in [6.07, 6.45) is 0. The first-order valence-electron chi connectivity index (χ1n) is 6.46. The molecule has 0 aliphatic carbocycles. The molecular weight excluding hydrogens is 361 g/mol. The quantitative estimate of drug-likeness (QED) is 0.572. The molecule has 0 saturated carbocycles. The molecule has 0 saturated heterocycles. The van der Waals surface area contributed by atoms with Gasteiger partial charge in [0.05, 0.1) is 11.1 Å². The van der Waals surface area contributed by atoms with Gasteiger partial charge in [-0.15, -0.1) is 0 Å². The second-order valence-corrected chi connectivity index (χ2v) is 6.08. The average Bonchev–Trinajstić information content (AvgIpc) is 2.74. The Morgan fingerprint density at radius 2 is 1.80 bits per heavy atom. The Morgan fingerprint density at radius 1 is 1.05 bits per heavy atom. The van der Waals surface area contributed by atoms with Gasteiger partial charge in [0.1, 0.15) is 0 Å². The van der Waals surface area contributed by atoms with Crippen molar-refractivity contribution in [3.05, 3.63) is 68.9 Å². The number of nitrogens with zero attached hydrogens (tertiary/aromatic N) is 1. The van der Waals surface area contributed by atoms with Crippen LogP contribution in [0.4, 0.5) is 0 Å². The normalized spacial score (nSPS) is 10.9. The predicted molar refractivity (Wildman–Crippen MR) is 90.3 cm³/mol. The van der Waals surface area contributed by atoms with Crippen LogP contribution in [0.15, 0.2) is 48.5 Å².